The van der Waals surface area contributed by atoms with E-state index in [1.807, 2.05) is 18.4 Å². The highest BCUT2D eigenvalue weighted by molar-refractivity contribution is 7.12. The van der Waals surface area contributed by atoms with Gasteiger partial charge in [-0.25, -0.2) is 0 Å². The Kier molecular flexibility index (Phi) is 3.32. The molecule has 0 radical (unpaired) electrons. The van der Waals surface area contributed by atoms with E-state index < -0.39 is 0 Å². The number of hydrogen-bond acceptors (Lipinski definition) is 2. The molecule has 0 aliphatic carbocycles. The molecule has 1 amide bonds. The first-order valence-corrected chi connectivity index (χ1v) is 5.60. The molecule has 0 spiro atoms. The van der Waals surface area contributed by atoms with Crippen LogP contribution in [0.5, 0.6) is 0 Å². The number of rotatable bonds is 2. The van der Waals surface area contributed by atoms with E-state index in [-0.39, 0.29) is 11.3 Å². The fraction of sp³-hybridized carbons (Fsp3) is 0.545. The minimum atomic E-state index is 0.0398. The molecule has 0 saturated heterocycles. The fourth-order valence-corrected chi connectivity index (χ4v) is 1.80. The maximum Gasteiger partial charge on any atom is 0.261 e. The zero-order chi connectivity index (χ0) is 10.8. The quantitative estimate of drug-likeness (QED) is 0.800. The summed E-state index contributed by atoms with van der Waals surface area (Å²) in [5.41, 5.74) is 1.29. The summed E-state index contributed by atoms with van der Waals surface area (Å²) in [6, 6.07) is 1.92. The molecule has 14 heavy (non-hydrogen) atoms. The van der Waals surface area contributed by atoms with E-state index in [0.29, 0.717) is 6.54 Å². The van der Waals surface area contributed by atoms with Gasteiger partial charge in [0.25, 0.3) is 5.91 Å². The van der Waals surface area contributed by atoms with Crippen molar-refractivity contribution < 1.29 is 4.79 Å². The molecule has 3 heteroatoms. The van der Waals surface area contributed by atoms with E-state index in [1.165, 1.54) is 11.3 Å². The lowest BCUT2D eigenvalue weighted by Crippen LogP contribution is -2.31. The molecule has 2 nitrogen and oxygen atoms in total. The average molecular weight is 211 g/mol. The van der Waals surface area contributed by atoms with Crippen LogP contribution in [0.2, 0.25) is 0 Å². The largest absolute Gasteiger partial charge is 0.351 e. The Morgan fingerprint density at radius 1 is 1.50 bits per heavy atom. The Morgan fingerprint density at radius 3 is 2.57 bits per heavy atom. The van der Waals surface area contributed by atoms with Crippen LogP contribution in [-0.2, 0) is 0 Å². The third kappa shape index (κ3) is 3.50. The highest BCUT2D eigenvalue weighted by atomic mass is 32.1. The second-order valence-corrected chi connectivity index (χ2v) is 5.64. The van der Waals surface area contributed by atoms with Crippen molar-refractivity contribution in [1.29, 1.82) is 0 Å². The van der Waals surface area contributed by atoms with Crippen molar-refractivity contribution in [2.24, 2.45) is 5.41 Å². The van der Waals surface area contributed by atoms with Crippen molar-refractivity contribution in [3.05, 3.63) is 21.9 Å². The van der Waals surface area contributed by atoms with Crippen LogP contribution in [0.1, 0.15) is 36.0 Å². The minimum absolute atomic E-state index is 0.0398. The molecule has 0 bridgehead atoms. The van der Waals surface area contributed by atoms with Gasteiger partial charge in [0.15, 0.2) is 0 Å². The van der Waals surface area contributed by atoms with Gasteiger partial charge in [0.2, 0.25) is 0 Å². The van der Waals surface area contributed by atoms with Gasteiger partial charge in [0.05, 0.1) is 4.88 Å². The molecule has 1 N–H and O–H groups in total. The number of amides is 1. The molecular formula is C11H17NOS. The van der Waals surface area contributed by atoms with Crippen molar-refractivity contribution >= 4 is 17.2 Å². The molecule has 1 aromatic rings. The fourth-order valence-electron chi connectivity index (χ4n) is 0.983. The summed E-state index contributed by atoms with van der Waals surface area (Å²) in [4.78, 5) is 12.4. The molecule has 78 valence electrons. The highest BCUT2D eigenvalue weighted by Gasteiger charge is 2.13. The van der Waals surface area contributed by atoms with Gasteiger partial charge >= 0.3 is 0 Å². The zero-order valence-electron chi connectivity index (χ0n) is 9.18. The molecule has 0 atom stereocenters. The first-order chi connectivity index (χ1) is 6.38. The van der Waals surface area contributed by atoms with E-state index >= 15 is 0 Å². The second-order valence-electron chi connectivity index (χ2n) is 4.73. The lowest BCUT2D eigenvalue weighted by atomic mass is 9.97. The molecule has 0 saturated carbocycles. The lowest BCUT2D eigenvalue weighted by molar-refractivity contribution is 0.0943. The topological polar surface area (TPSA) is 29.1 Å². The minimum Gasteiger partial charge on any atom is -0.351 e. The number of carbonyl (C=O) groups is 1. The molecule has 0 aliphatic rings. The van der Waals surface area contributed by atoms with Crippen LogP contribution in [0.3, 0.4) is 0 Å². The molecule has 1 aromatic heterocycles. The van der Waals surface area contributed by atoms with Gasteiger partial charge in [-0.05, 0) is 29.3 Å². The van der Waals surface area contributed by atoms with Crippen LogP contribution < -0.4 is 5.32 Å². The second kappa shape index (κ2) is 4.13. The summed E-state index contributed by atoms with van der Waals surface area (Å²) in [6.45, 7) is 9.02. The van der Waals surface area contributed by atoms with E-state index in [0.717, 1.165) is 10.4 Å². The summed E-state index contributed by atoms with van der Waals surface area (Å²) in [5, 5.41) is 4.92. The van der Waals surface area contributed by atoms with E-state index in [9.17, 15) is 4.79 Å². The Morgan fingerprint density at radius 2 is 2.14 bits per heavy atom. The molecule has 0 aromatic carbocycles. The zero-order valence-corrected chi connectivity index (χ0v) is 9.99. The predicted molar refractivity (Wildman–Crippen MR) is 60.8 cm³/mol. The normalized spacial score (nSPS) is 11.4. The van der Waals surface area contributed by atoms with Crippen molar-refractivity contribution in [2.75, 3.05) is 6.54 Å². The maximum atomic E-state index is 11.6. The van der Waals surface area contributed by atoms with Crippen LogP contribution in [0.4, 0.5) is 0 Å². The molecule has 1 heterocycles. The van der Waals surface area contributed by atoms with Crippen LogP contribution in [-0.4, -0.2) is 12.5 Å². The average Bonchev–Trinajstić information content (AvgIpc) is 2.46. The summed E-state index contributed by atoms with van der Waals surface area (Å²) >= 11 is 1.50. The van der Waals surface area contributed by atoms with E-state index in [4.69, 9.17) is 0 Å². The van der Waals surface area contributed by atoms with Crippen molar-refractivity contribution in [3.63, 3.8) is 0 Å². The number of carbonyl (C=O) groups excluding carboxylic acids is 1. The Bertz CT molecular complexity index is 322. The molecule has 1 rings (SSSR count). The van der Waals surface area contributed by atoms with Gasteiger partial charge in [0, 0.05) is 6.54 Å². The van der Waals surface area contributed by atoms with Gasteiger partial charge < -0.3 is 5.32 Å². The van der Waals surface area contributed by atoms with Gasteiger partial charge in [-0.15, -0.1) is 11.3 Å². The molecule has 0 unspecified atom stereocenters. The summed E-state index contributed by atoms with van der Waals surface area (Å²) in [5.74, 6) is 0.0398. The number of aryl methyl sites for hydroxylation is 1. The van der Waals surface area contributed by atoms with Gasteiger partial charge in [-0.1, -0.05) is 20.8 Å². The highest BCUT2D eigenvalue weighted by Crippen LogP contribution is 2.15. The Hall–Kier alpha value is -0.830. The lowest BCUT2D eigenvalue weighted by Gasteiger charge is -2.18. The number of nitrogens with one attached hydrogen (secondary N) is 1. The number of thiophene rings is 1. The van der Waals surface area contributed by atoms with Crippen LogP contribution in [0.25, 0.3) is 0 Å². The van der Waals surface area contributed by atoms with Crippen LogP contribution in [0.15, 0.2) is 11.4 Å². The maximum absolute atomic E-state index is 11.6. The Labute approximate surface area is 89.3 Å². The van der Waals surface area contributed by atoms with Gasteiger partial charge in [-0.3, -0.25) is 4.79 Å². The SMILES string of the molecule is Cc1csc(C(=O)NCC(C)(C)C)c1. The van der Waals surface area contributed by atoms with Crippen molar-refractivity contribution in [1.82, 2.24) is 5.32 Å². The molecule has 0 fully saturated rings. The first kappa shape index (κ1) is 11.2. The summed E-state index contributed by atoms with van der Waals surface area (Å²) in [7, 11) is 0. The monoisotopic (exact) mass is 211 g/mol. The van der Waals surface area contributed by atoms with Crippen molar-refractivity contribution in [3.8, 4) is 0 Å². The molecule has 0 aliphatic heterocycles. The standard InChI is InChI=1S/C11H17NOS/c1-8-5-9(14-6-8)10(13)12-7-11(2,3)4/h5-6H,7H2,1-4H3,(H,12,13). The van der Waals surface area contributed by atoms with E-state index in [2.05, 4.69) is 26.1 Å². The van der Waals surface area contributed by atoms with Gasteiger partial charge in [0.1, 0.15) is 0 Å². The smallest absolute Gasteiger partial charge is 0.261 e. The Balaban J connectivity index is 2.52. The van der Waals surface area contributed by atoms with Crippen LogP contribution in [0, 0.1) is 12.3 Å². The first-order valence-electron chi connectivity index (χ1n) is 4.72. The van der Waals surface area contributed by atoms with Crippen LogP contribution >= 0.6 is 11.3 Å². The summed E-state index contributed by atoms with van der Waals surface area (Å²) < 4.78 is 0. The van der Waals surface area contributed by atoms with Gasteiger partial charge in [-0.2, -0.15) is 0 Å². The van der Waals surface area contributed by atoms with Crippen molar-refractivity contribution in [2.45, 2.75) is 27.7 Å². The third-order valence-corrected chi connectivity index (χ3v) is 2.78. The summed E-state index contributed by atoms with van der Waals surface area (Å²) in [6.07, 6.45) is 0. The van der Waals surface area contributed by atoms with E-state index in [1.54, 1.807) is 0 Å². The predicted octanol–water partition coefficient (Wildman–Crippen LogP) is 2.83. The number of hydrogen-bond donors (Lipinski definition) is 1. The molecular weight excluding hydrogens is 194 g/mol. The third-order valence-electron chi connectivity index (χ3n) is 1.73.